The number of nitrogens with zero attached hydrogens (tertiary/aromatic N) is 3. The van der Waals surface area contributed by atoms with E-state index >= 15 is 0 Å². The summed E-state index contributed by atoms with van der Waals surface area (Å²) in [7, 11) is 0. The molecule has 3 aromatic rings. The summed E-state index contributed by atoms with van der Waals surface area (Å²) < 4.78 is 1.18. The minimum Gasteiger partial charge on any atom is -0.478 e. The van der Waals surface area contributed by atoms with E-state index in [2.05, 4.69) is 10.1 Å². The molecule has 3 rings (SSSR count). The molecule has 0 bridgehead atoms. The fourth-order valence-electron chi connectivity index (χ4n) is 2.06. The Labute approximate surface area is 135 Å². The average molecular weight is 327 g/mol. The zero-order chi connectivity index (χ0) is 16.4. The largest absolute Gasteiger partial charge is 0.478 e. The fraction of sp³-hybridized carbons (Fsp3) is 0.125. The third-order valence-corrected chi connectivity index (χ3v) is 4.51. The van der Waals surface area contributed by atoms with Crippen LogP contribution in [0.25, 0.3) is 10.2 Å². The van der Waals surface area contributed by atoms with Gasteiger partial charge in [0.15, 0.2) is 0 Å². The summed E-state index contributed by atoms with van der Waals surface area (Å²) in [4.78, 5) is 29.2. The summed E-state index contributed by atoms with van der Waals surface area (Å²) in [5, 5.41) is 13.5. The molecule has 0 fully saturated rings. The topological polar surface area (TPSA) is 84.5 Å². The van der Waals surface area contributed by atoms with E-state index in [0.717, 1.165) is 11.3 Å². The van der Waals surface area contributed by atoms with Gasteiger partial charge in [-0.15, -0.1) is 11.3 Å². The smallest absolute Gasteiger partial charge is 0.335 e. The third kappa shape index (κ3) is 3.04. The van der Waals surface area contributed by atoms with Crippen molar-refractivity contribution in [1.82, 2.24) is 9.66 Å². The Kier molecular flexibility index (Phi) is 4.03. The molecule has 0 saturated carbocycles. The maximum Gasteiger partial charge on any atom is 0.335 e. The Morgan fingerprint density at radius 2 is 2.13 bits per heavy atom. The molecule has 6 nitrogen and oxygen atoms in total. The van der Waals surface area contributed by atoms with Gasteiger partial charge in [-0.2, -0.15) is 9.78 Å². The molecule has 0 atom stereocenters. The van der Waals surface area contributed by atoms with Gasteiger partial charge in [-0.1, -0.05) is 19.1 Å². The first-order chi connectivity index (χ1) is 11.1. The molecule has 1 aromatic carbocycles. The number of hydrogen-bond donors (Lipinski definition) is 1. The molecule has 0 aliphatic heterocycles. The van der Waals surface area contributed by atoms with Crippen molar-refractivity contribution in [2.75, 3.05) is 0 Å². The van der Waals surface area contributed by atoms with Crippen LogP contribution < -0.4 is 5.56 Å². The van der Waals surface area contributed by atoms with Gasteiger partial charge in [0, 0.05) is 4.88 Å². The highest BCUT2D eigenvalue weighted by molar-refractivity contribution is 7.18. The average Bonchev–Trinajstić information content (AvgIpc) is 2.99. The molecule has 0 amide bonds. The van der Waals surface area contributed by atoms with Crippen LogP contribution in [0.1, 0.15) is 27.7 Å². The summed E-state index contributed by atoms with van der Waals surface area (Å²) in [6.45, 7) is 2.03. The highest BCUT2D eigenvalue weighted by atomic mass is 32.1. The number of aromatic carboxylic acids is 1. The van der Waals surface area contributed by atoms with E-state index in [-0.39, 0.29) is 11.1 Å². The molecular formula is C16H13N3O3S. The number of carbonyl (C=O) groups is 1. The van der Waals surface area contributed by atoms with E-state index in [4.69, 9.17) is 5.11 Å². The number of rotatable bonds is 4. The lowest BCUT2D eigenvalue weighted by Crippen LogP contribution is -2.16. The highest BCUT2D eigenvalue weighted by Gasteiger charge is 2.07. The van der Waals surface area contributed by atoms with Crippen molar-refractivity contribution in [2.24, 2.45) is 5.10 Å². The van der Waals surface area contributed by atoms with Crippen molar-refractivity contribution < 1.29 is 9.90 Å². The maximum atomic E-state index is 12.4. The highest BCUT2D eigenvalue weighted by Crippen LogP contribution is 2.20. The molecule has 0 aliphatic rings. The molecule has 0 aliphatic carbocycles. The Balaban J connectivity index is 1.92. The van der Waals surface area contributed by atoms with E-state index in [1.54, 1.807) is 12.1 Å². The molecule has 0 radical (unpaired) electrons. The van der Waals surface area contributed by atoms with Crippen LogP contribution in [0.5, 0.6) is 0 Å². The van der Waals surface area contributed by atoms with Crippen molar-refractivity contribution in [3.05, 3.63) is 63.0 Å². The number of carboxylic acids is 1. The van der Waals surface area contributed by atoms with Crippen molar-refractivity contribution in [1.29, 1.82) is 0 Å². The fourth-order valence-corrected chi connectivity index (χ4v) is 2.99. The molecule has 2 aromatic heterocycles. The minimum atomic E-state index is -0.983. The van der Waals surface area contributed by atoms with Gasteiger partial charge in [0.1, 0.15) is 11.2 Å². The van der Waals surface area contributed by atoms with Crippen LogP contribution in [0.15, 0.2) is 46.6 Å². The van der Waals surface area contributed by atoms with E-state index in [1.165, 1.54) is 40.7 Å². The first-order valence-electron chi connectivity index (χ1n) is 6.96. The molecule has 0 unspecified atom stereocenters. The lowest BCUT2D eigenvalue weighted by molar-refractivity contribution is 0.0697. The van der Waals surface area contributed by atoms with E-state index in [9.17, 15) is 9.59 Å². The van der Waals surface area contributed by atoms with Crippen LogP contribution in [0, 0.1) is 0 Å². The van der Waals surface area contributed by atoms with Gasteiger partial charge in [-0.3, -0.25) is 4.79 Å². The predicted molar refractivity (Wildman–Crippen MR) is 89.7 cm³/mol. The van der Waals surface area contributed by atoms with Gasteiger partial charge in [0.05, 0.1) is 17.2 Å². The zero-order valence-electron chi connectivity index (χ0n) is 12.3. The first-order valence-corrected chi connectivity index (χ1v) is 7.78. The second-order valence-corrected chi connectivity index (χ2v) is 5.97. The number of aromatic nitrogens is 2. The van der Waals surface area contributed by atoms with Crippen molar-refractivity contribution in [2.45, 2.75) is 13.3 Å². The standard InChI is InChI=1S/C16H13N3O3S/c1-2-12-7-13-14(23-12)17-9-19(15(13)20)18-8-10-3-5-11(6-4-10)16(21)22/h3-9H,2H2,1H3,(H,21,22). The van der Waals surface area contributed by atoms with Crippen LogP contribution in [0.3, 0.4) is 0 Å². The van der Waals surface area contributed by atoms with Crippen molar-refractivity contribution in [3.63, 3.8) is 0 Å². The van der Waals surface area contributed by atoms with Gasteiger partial charge in [0.2, 0.25) is 0 Å². The van der Waals surface area contributed by atoms with E-state index in [0.29, 0.717) is 15.8 Å². The number of benzene rings is 1. The Bertz CT molecular complexity index is 955. The summed E-state index contributed by atoms with van der Waals surface area (Å²) in [5.74, 6) is -0.983. The lowest BCUT2D eigenvalue weighted by Gasteiger charge is -1.98. The lowest BCUT2D eigenvalue weighted by atomic mass is 10.1. The van der Waals surface area contributed by atoms with E-state index in [1.807, 2.05) is 13.0 Å². The monoisotopic (exact) mass is 327 g/mol. The molecule has 116 valence electrons. The molecule has 7 heteroatoms. The number of hydrogen-bond acceptors (Lipinski definition) is 5. The van der Waals surface area contributed by atoms with Gasteiger partial charge in [0.25, 0.3) is 5.56 Å². The Morgan fingerprint density at radius 1 is 1.39 bits per heavy atom. The number of thiophene rings is 1. The molecule has 2 heterocycles. The van der Waals surface area contributed by atoms with Crippen molar-refractivity contribution in [3.8, 4) is 0 Å². The van der Waals surface area contributed by atoms with Crippen LogP contribution >= 0.6 is 11.3 Å². The van der Waals surface area contributed by atoms with Crippen LogP contribution in [0.4, 0.5) is 0 Å². The molecule has 1 N–H and O–H groups in total. The normalized spacial score (nSPS) is 11.3. The van der Waals surface area contributed by atoms with Crippen LogP contribution in [-0.2, 0) is 6.42 Å². The Morgan fingerprint density at radius 3 is 2.78 bits per heavy atom. The summed E-state index contributed by atoms with van der Waals surface area (Å²) >= 11 is 1.51. The SMILES string of the molecule is CCc1cc2c(=O)n(N=Cc3ccc(C(=O)O)cc3)cnc2s1. The predicted octanol–water partition coefficient (Wildman–Crippen LogP) is 2.60. The second kappa shape index (κ2) is 6.13. The quantitative estimate of drug-likeness (QED) is 0.747. The molecular weight excluding hydrogens is 314 g/mol. The molecule has 0 saturated heterocycles. The minimum absolute atomic E-state index is 0.202. The van der Waals surface area contributed by atoms with Crippen LogP contribution in [-0.4, -0.2) is 27.0 Å². The summed E-state index contributed by atoms with van der Waals surface area (Å²) in [6.07, 6.45) is 3.75. The van der Waals surface area contributed by atoms with Gasteiger partial charge < -0.3 is 5.11 Å². The van der Waals surface area contributed by atoms with E-state index < -0.39 is 5.97 Å². The first kappa shape index (κ1) is 15.1. The summed E-state index contributed by atoms with van der Waals surface area (Å²) in [5.41, 5.74) is 0.679. The maximum absolute atomic E-state index is 12.4. The number of fused-ring (bicyclic) bond motifs is 1. The third-order valence-electron chi connectivity index (χ3n) is 3.32. The second-order valence-electron chi connectivity index (χ2n) is 4.85. The molecule has 23 heavy (non-hydrogen) atoms. The zero-order valence-corrected chi connectivity index (χ0v) is 13.1. The number of aryl methyl sites for hydroxylation is 1. The van der Waals surface area contributed by atoms with Crippen LogP contribution in [0.2, 0.25) is 0 Å². The van der Waals surface area contributed by atoms with Gasteiger partial charge >= 0.3 is 5.97 Å². The number of carboxylic acid groups (broad SMARTS) is 1. The Hall–Kier alpha value is -2.80. The summed E-state index contributed by atoms with van der Waals surface area (Å²) in [6, 6.07) is 8.08. The van der Waals surface area contributed by atoms with Gasteiger partial charge in [-0.25, -0.2) is 9.78 Å². The van der Waals surface area contributed by atoms with Gasteiger partial charge in [-0.05, 0) is 30.2 Å². The van der Waals surface area contributed by atoms with Crippen molar-refractivity contribution >= 4 is 33.7 Å². The molecule has 0 spiro atoms.